The van der Waals surface area contributed by atoms with E-state index in [-0.39, 0.29) is 0 Å². The molecule has 0 amide bonds. The lowest BCUT2D eigenvalue weighted by Gasteiger charge is -2.44. The number of benzene rings is 2. The Kier molecular flexibility index (Phi) is 7.59. The minimum atomic E-state index is -0.946. The maximum atomic E-state index is 15.1. The minimum absolute atomic E-state index is 0.343. The van der Waals surface area contributed by atoms with E-state index >= 15 is 4.39 Å². The molecule has 3 N–H and O–H groups in total. The highest BCUT2D eigenvalue weighted by atomic mass is 19.1. The van der Waals surface area contributed by atoms with Gasteiger partial charge in [0.15, 0.2) is 0 Å². The number of rotatable bonds is 8. The van der Waals surface area contributed by atoms with Gasteiger partial charge in [-0.05, 0) is 39.1 Å². The first-order chi connectivity index (χ1) is 19.2. The van der Waals surface area contributed by atoms with Crippen LogP contribution in [0.25, 0.3) is 22.2 Å². The molecule has 3 atom stereocenters. The maximum Gasteiger partial charge on any atom is 0.144 e. The highest BCUT2D eigenvalue weighted by Gasteiger charge is 2.29. The summed E-state index contributed by atoms with van der Waals surface area (Å²) >= 11 is 0. The summed E-state index contributed by atoms with van der Waals surface area (Å²) in [5.74, 6) is 0.651. The normalized spacial score (nSPS) is 18.5. The van der Waals surface area contributed by atoms with Crippen molar-refractivity contribution in [3.05, 3.63) is 61.3 Å². The summed E-state index contributed by atoms with van der Waals surface area (Å²) in [5, 5.41) is 21.8. The van der Waals surface area contributed by atoms with Gasteiger partial charge in [0.1, 0.15) is 29.9 Å². The number of halogens is 1. The van der Waals surface area contributed by atoms with Gasteiger partial charge in [-0.2, -0.15) is 5.10 Å². The number of aliphatic hydroxyl groups excluding tert-OH is 1. The summed E-state index contributed by atoms with van der Waals surface area (Å²) in [6.07, 6.45) is 3.57. The number of aryl methyl sites for hydroxylation is 1. The van der Waals surface area contributed by atoms with Crippen molar-refractivity contribution < 1.29 is 14.2 Å². The molecule has 210 valence electrons. The molecule has 4 aromatic rings. The molecule has 0 bridgehead atoms. The summed E-state index contributed by atoms with van der Waals surface area (Å²) in [6.45, 7) is 9.73. The summed E-state index contributed by atoms with van der Waals surface area (Å²) in [4.78, 5) is 13.3. The van der Waals surface area contributed by atoms with Crippen molar-refractivity contribution in [3.63, 3.8) is 0 Å². The molecule has 2 aromatic heterocycles. The Balaban J connectivity index is 1.51. The summed E-state index contributed by atoms with van der Waals surface area (Å²) in [6, 6.07) is 9.38. The van der Waals surface area contributed by atoms with Crippen LogP contribution >= 0.6 is 0 Å². The van der Waals surface area contributed by atoms with Crippen LogP contribution in [0.5, 0.6) is 5.75 Å². The zero-order valence-electron chi connectivity index (χ0n) is 23.4. The van der Waals surface area contributed by atoms with Crippen molar-refractivity contribution in [2.24, 2.45) is 7.05 Å². The van der Waals surface area contributed by atoms with E-state index in [0.717, 1.165) is 24.2 Å². The Bertz CT molecular complexity index is 1530. The van der Waals surface area contributed by atoms with E-state index < -0.39 is 12.0 Å². The lowest BCUT2D eigenvalue weighted by Crippen LogP contribution is -2.55. The van der Waals surface area contributed by atoms with Crippen LogP contribution in [0.2, 0.25) is 0 Å². The zero-order valence-corrected chi connectivity index (χ0v) is 23.4. The number of ether oxygens (including phenoxy) is 1. The van der Waals surface area contributed by atoms with Crippen LogP contribution in [0.4, 0.5) is 27.3 Å². The third-order valence-electron chi connectivity index (χ3n) is 7.59. The third kappa shape index (κ3) is 5.30. The Morgan fingerprint density at radius 1 is 1.10 bits per heavy atom. The summed E-state index contributed by atoms with van der Waals surface area (Å²) in [5.41, 5.74) is 3.71. The molecular formula is C29H35FN8O2. The molecule has 11 heteroatoms. The van der Waals surface area contributed by atoms with E-state index in [1.165, 1.54) is 18.5 Å². The second-order valence-electron chi connectivity index (χ2n) is 10.2. The molecule has 1 saturated heterocycles. The number of likely N-dealkylation sites (N-methyl/N-ethyl adjacent to an activating group) is 1. The van der Waals surface area contributed by atoms with Crippen molar-refractivity contribution in [1.82, 2.24) is 24.6 Å². The number of methoxy groups -OCH3 is 1. The van der Waals surface area contributed by atoms with Crippen LogP contribution in [0.1, 0.15) is 13.8 Å². The average Bonchev–Trinajstić information content (AvgIpc) is 3.30. The number of nitrogens with zero attached hydrogens (tertiary/aromatic N) is 6. The number of hydrogen-bond acceptors (Lipinski definition) is 9. The molecule has 0 aliphatic carbocycles. The predicted molar refractivity (Wildman–Crippen MR) is 157 cm³/mol. The smallest absolute Gasteiger partial charge is 0.144 e. The van der Waals surface area contributed by atoms with Crippen LogP contribution in [-0.4, -0.2) is 75.3 Å². The lowest BCUT2D eigenvalue weighted by molar-refractivity contribution is 0.170. The van der Waals surface area contributed by atoms with Gasteiger partial charge < -0.3 is 25.4 Å². The van der Waals surface area contributed by atoms with Crippen LogP contribution in [0, 0.1) is 5.82 Å². The van der Waals surface area contributed by atoms with Gasteiger partial charge in [-0.3, -0.25) is 9.58 Å². The van der Waals surface area contributed by atoms with Gasteiger partial charge in [0.25, 0.3) is 0 Å². The fraction of sp³-hybridized carbons (Fsp3) is 0.345. The monoisotopic (exact) mass is 546 g/mol. The zero-order chi connectivity index (χ0) is 28.6. The number of aromatic nitrogens is 4. The van der Waals surface area contributed by atoms with Crippen LogP contribution in [0.3, 0.4) is 0 Å². The van der Waals surface area contributed by atoms with Gasteiger partial charge >= 0.3 is 0 Å². The standard InChI is InChI=1S/C29H35FN8O2/c1-7-29(39)35-23-10-24(27(40-6)12-26(23)38-14-17(2)36(4)18(3)15-38)34-28-11-22(31-16-32-28)20-8-19-13-33-37(5)25(19)9-21(20)30/h7-13,16-18,29,35,39H,1,14-15H2,2-6H3,(H,31,32,34)/t17-,18+,29?. The minimum Gasteiger partial charge on any atom is -0.494 e. The SMILES string of the molecule is C=CC(O)Nc1cc(Nc2cc(-c3cc4cnn(C)c4cc3F)ncn2)c(OC)cc1N1C[C@@H](C)N(C)[C@@H](C)C1. The largest absolute Gasteiger partial charge is 0.494 e. The number of anilines is 4. The molecule has 1 aliphatic heterocycles. The average molecular weight is 547 g/mol. The molecular weight excluding hydrogens is 511 g/mol. The number of fused-ring (bicyclic) bond motifs is 1. The molecule has 0 spiro atoms. The molecule has 0 saturated carbocycles. The number of piperazine rings is 1. The molecule has 1 fully saturated rings. The first-order valence-electron chi connectivity index (χ1n) is 13.1. The fourth-order valence-corrected chi connectivity index (χ4v) is 5.11. The topological polar surface area (TPSA) is 104 Å². The summed E-state index contributed by atoms with van der Waals surface area (Å²) < 4.78 is 22.5. The predicted octanol–water partition coefficient (Wildman–Crippen LogP) is 4.37. The lowest BCUT2D eigenvalue weighted by atomic mass is 10.1. The van der Waals surface area contributed by atoms with Gasteiger partial charge in [0, 0.05) is 61.4 Å². The van der Waals surface area contributed by atoms with Gasteiger partial charge in [-0.15, -0.1) is 0 Å². The van der Waals surface area contributed by atoms with Gasteiger partial charge in [-0.1, -0.05) is 6.58 Å². The highest BCUT2D eigenvalue weighted by molar-refractivity contribution is 5.85. The number of aliphatic hydroxyl groups is 1. The maximum absolute atomic E-state index is 15.1. The first kappa shape index (κ1) is 27.4. The quantitative estimate of drug-likeness (QED) is 0.220. The number of hydrogen-bond donors (Lipinski definition) is 3. The third-order valence-corrected chi connectivity index (χ3v) is 7.59. The van der Waals surface area contributed by atoms with Gasteiger partial charge in [0.2, 0.25) is 0 Å². The molecule has 0 radical (unpaired) electrons. The highest BCUT2D eigenvalue weighted by Crippen LogP contribution is 2.40. The van der Waals surface area contributed by atoms with E-state index in [2.05, 4.69) is 63.0 Å². The van der Waals surface area contributed by atoms with Crippen LogP contribution < -0.4 is 20.3 Å². The van der Waals surface area contributed by atoms with Crippen molar-refractivity contribution in [3.8, 4) is 17.0 Å². The van der Waals surface area contributed by atoms with E-state index in [1.54, 1.807) is 37.2 Å². The summed E-state index contributed by atoms with van der Waals surface area (Å²) in [7, 11) is 5.52. The Labute approximate surface area is 233 Å². The van der Waals surface area contributed by atoms with E-state index in [9.17, 15) is 5.11 Å². The molecule has 5 rings (SSSR count). The Morgan fingerprint density at radius 2 is 1.85 bits per heavy atom. The van der Waals surface area contributed by atoms with Crippen molar-refractivity contribution in [1.29, 1.82) is 0 Å². The van der Waals surface area contributed by atoms with Gasteiger partial charge in [-0.25, -0.2) is 14.4 Å². The number of nitrogens with one attached hydrogen (secondary N) is 2. The van der Waals surface area contributed by atoms with Gasteiger partial charge in [0.05, 0.1) is 41.6 Å². The van der Waals surface area contributed by atoms with E-state index in [4.69, 9.17) is 4.74 Å². The molecule has 2 aromatic carbocycles. The van der Waals surface area contributed by atoms with Crippen molar-refractivity contribution in [2.45, 2.75) is 32.2 Å². The second-order valence-corrected chi connectivity index (χ2v) is 10.2. The first-order valence-corrected chi connectivity index (χ1v) is 13.1. The molecule has 40 heavy (non-hydrogen) atoms. The van der Waals surface area contributed by atoms with Crippen LogP contribution in [-0.2, 0) is 7.05 Å². The second kappa shape index (κ2) is 11.1. The molecule has 3 heterocycles. The van der Waals surface area contributed by atoms with Crippen molar-refractivity contribution >= 4 is 33.8 Å². The molecule has 1 aliphatic rings. The van der Waals surface area contributed by atoms with E-state index in [1.807, 2.05) is 12.1 Å². The Morgan fingerprint density at radius 3 is 2.55 bits per heavy atom. The molecule has 10 nitrogen and oxygen atoms in total. The van der Waals surface area contributed by atoms with E-state index in [0.29, 0.717) is 51.8 Å². The van der Waals surface area contributed by atoms with Crippen molar-refractivity contribution in [2.75, 3.05) is 42.8 Å². The fourth-order valence-electron chi connectivity index (χ4n) is 5.11. The Hall–Kier alpha value is -4.22. The molecule has 1 unspecified atom stereocenters. The van der Waals surface area contributed by atoms with Crippen LogP contribution in [0.15, 0.2) is 55.5 Å².